The van der Waals surface area contributed by atoms with Crippen molar-refractivity contribution in [3.63, 3.8) is 0 Å². The molecule has 0 saturated carbocycles. The summed E-state index contributed by atoms with van der Waals surface area (Å²) in [6.45, 7) is 4.77. The van der Waals surface area contributed by atoms with E-state index in [1.165, 1.54) is 0 Å². The Morgan fingerprint density at radius 3 is 2.55 bits per heavy atom. The zero-order chi connectivity index (χ0) is 14.1. The minimum atomic E-state index is 0. The van der Waals surface area contributed by atoms with Crippen molar-refractivity contribution in [2.24, 2.45) is 10.7 Å². The van der Waals surface area contributed by atoms with Crippen molar-refractivity contribution in [1.29, 1.82) is 0 Å². The number of benzene rings is 1. The van der Waals surface area contributed by atoms with E-state index in [-0.39, 0.29) is 30.1 Å². The van der Waals surface area contributed by atoms with Gasteiger partial charge in [0.15, 0.2) is 5.96 Å². The number of anilines is 1. The van der Waals surface area contributed by atoms with E-state index in [0.717, 1.165) is 30.2 Å². The zero-order valence-corrected chi connectivity index (χ0v) is 15.4. The highest BCUT2D eigenvalue weighted by Gasteiger charge is 1.99. The number of aliphatic imine (C=N–C) groups is 1. The summed E-state index contributed by atoms with van der Waals surface area (Å²) in [5.41, 5.74) is 6.73. The number of halogens is 1. The lowest BCUT2D eigenvalue weighted by Gasteiger charge is -2.10. The molecule has 0 bridgehead atoms. The van der Waals surface area contributed by atoms with Gasteiger partial charge in [-0.3, -0.25) is 4.99 Å². The molecule has 0 saturated heterocycles. The molecule has 3 N–H and O–H groups in total. The third kappa shape index (κ3) is 8.52. The number of thioether (sulfide) groups is 1. The van der Waals surface area contributed by atoms with Gasteiger partial charge in [0.25, 0.3) is 0 Å². The molecule has 0 aliphatic rings. The molecule has 0 fully saturated rings. The molecule has 114 valence electrons. The largest absolute Gasteiger partial charge is 0.491 e. The highest BCUT2D eigenvalue weighted by molar-refractivity contribution is 14.0. The van der Waals surface area contributed by atoms with Crippen LogP contribution < -0.4 is 15.8 Å². The molecule has 0 aliphatic heterocycles. The van der Waals surface area contributed by atoms with Crippen LogP contribution in [0, 0.1) is 0 Å². The Hall–Kier alpha value is -0.630. The average molecular weight is 409 g/mol. The first-order chi connectivity index (χ1) is 9.11. The van der Waals surface area contributed by atoms with Crippen LogP contribution in [-0.4, -0.2) is 30.6 Å². The summed E-state index contributed by atoms with van der Waals surface area (Å²) < 4.78 is 5.57. The first-order valence-electron chi connectivity index (χ1n) is 6.44. The molecule has 0 aromatic heterocycles. The number of hydrogen-bond acceptors (Lipinski definition) is 3. The average Bonchev–Trinajstić information content (AvgIpc) is 2.36. The van der Waals surface area contributed by atoms with E-state index in [0.29, 0.717) is 5.96 Å². The molecule has 0 unspecified atom stereocenters. The maximum absolute atomic E-state index is 5.81. The third-order valence-electron chi connectivity index (χ3n) is 2.29. The van der Waals surface area contributed by atoms with Gasteiger partial charge in [0.05, 0.1) is 6.10 Å². The van der Waals surface area contributed by atoms with Gasteiger partial charge in [-0.05, 0) is 56.5 Å². The van der Waals surface area contributed by atoms with Crippen LogP contribution in [-0.2, 0) is 0 Å². The van der Waals surface area contributed by atoms with Crippen molar-refractivity contribution in [1.82, 2.24) is 0 Å². The summed E-state index contributed by atoms with van der Waals surface area (Å²) in [5, 5.41) is 3.06. The second-order valence-electron chi connectivity index (χ2n) is 4.43. The molecule has 4 nitrogen and oxygen atoms in total. The summed E-state index contributed by atoms with van der Waals surface area (Å²) in [6, 6.07) is 7.71. The Bertz CT molecular complexity index is 396. The van der Waals surface area contributed by atoms with E-state index in [1.807, 2.05) is 49.9 Å². The van der Waals surface area contributed by atoms with Crippen LogP contribution in [0.2, 0.25) is 0 Å². The summed E-state index contributed by atoms with van der Waals surface area (Å²) in [5.74, 6) is 2.42. The Morgan fingerprint density at radius 2 is 2.00 bits per heavy atom. The molecule has 20 heavy (non-hydrogen) atoms. The third-order valence-corrected chi connectivity index (χ3v) is 2.98. The minimum absolute atomic E-state index is 0. The first-order valence-corrected chi connectivity index (χ1v) is 7.84. The minimum Gasteiger partial charge on any atom is -0.491 e. The molecule has 1 rings (SSSR count). The molecule has 1 aromatic rings. The van der Waals surface area contributed by atoms with Crippen LogP contribution in [0.4, 0.5) is 5.69 Å². The summed E-state index contributed by atoms with van der Waals surface area (Å²) in [6.07, 6.45) is 3.32. The Balaban J connectivity index is 0.00000361. The number of nitrogens with one attached hydrogen (secondary N) is 1. The summed E-state index contributed by atoms with van der Waals surface area (Å²) in [7, 11) is 0. The number of hydrogen-bond donors (Lipinski definition) is 2. The topological polar surface area (TPSA) is 59.6 Å². The predicted molar refractivity (Wildman–Crippen MR) is 101 cm³/mol. The van der Waals surface area contributed by atoms with E-state index >= 15 is 0 Å². The fourth-order valence-corrected chi connectivity index (χ4v) is 1.90. The van der Waals surface area contributed by atoms with Crippen LogP contribution in [0.3, 0.4) is 0 Å². The second-order valence-corrected chi connectivity index (χ2v) is 5.41. The van der Waals surface area contributed by atoms with Crippen LogP contribution in [0.5, 0.6) is 5.75 Å². The monoisotopic (exact) mass is 409 g/mol. The molecule has 0 radical (unpaired) electrons. The van der Waals surface area contributed by atoms with Crippen molar-refractivity contribution in [2.45, 2.75) is 26.4 Å². The summed E-state index contributed by atoms with van der Waals surface area (Å²) in [4.78, 5) is 4.27. The fraction of sp³-hybridized carbons (Fsp3) is 0.500. The highest BCUT2D eigenvalue weighted by Crippen LogP contribution is 2.16. The van der Waals surface area contributed by atoms with E-state index < -0.39 is 0 Å². The zero-order valence-electron chi connectivity index (χ0n) is 12.3. The Kier molecular flexibility index (Phi) is 10.7. The van der Waals surface area contributed by atoms with Gasteiger partial charge in [0.2, 0.25) is 0 Å². The quantitative estimate of drug-likeness (QED) is 0.313. The lowest BCUT2D eigenvalue weighted by atomic mass is 10.3. The van der Waals surface area contributed by atoms with Crippen LogP contribution in [0.25, 0.3) is 0 Å². The number of nitrogens with two attached hydrogens (primary N) is 1. The molecule has 0 amide bonds. The van der Waals surface area contributed by atoms with Gasteiger partial charge in [-0.2, -0.15) is 11.8 Å². The van der Waals surface area contributed by atoms with Gasteiger partial charge in [0.1, 0.15) is 5.75 Å². The van der Waals surface area contributed by atoms with Crippen LogP contribution >= 0.6 is 35.7 Å². The fourth-order valence-electron chi connectivity index (χ4n) is 1.48. The van der Waals surface area contributed by atoms with E-state index in [9.17, 15) is 0 Å². The number of rotatable bonds is 7. The Morgan fingerprint density at radius 1 is 1.35 bits per heavy atom. The van der Waals surface area contributed by atoms with Gasteiger partial charge in [-0.1, -0.05) is 0 Å². The second kappa shape index (κ2) is 11.1. The van der Waals surface area contributed by atoms with E-state index in [4.69, 9.17) is 10.5 Å². The lowest BCUT2D eigenvalue weighted by Crippen LogP contribution is -2.22. The van der Waals surface area contributed by atoms with Crippen molar-refractivity contribution in [2.75, 3.05) is 23.9 Å². The van der Waals surface area contributed by atoms with Crippen molar-refractivity contribution >= 4 is 47.4 Å². The number of ether oxygens (including phenoxy) is 1. The molecular weight excluding hydrogens is 385 g/mol. The molecule has 0 heterocycles. The Labute approximate surface area is 143 Å². The normalized spacial score (nSPS) is 11.1. The molecule has 6 heteroatoms. The van der Waals surface area contributed by atoms with Gasteiger partial charge in [0, 0.05) is 12.2 Å². The van der Waals surface area contributed by atoms with Crippen LogP contribution in [0.1, 0.15) is 20.3 Å². The predicted octanol–water partition coefficient (Wildman–Crippen LogP) is 3.57. The molecule has 0 spiro atoms. The first kappa shape index (κ1) is 19.4. The van der Waals surface area contributed by atoms with Gasteiger partial charge in [-0.15, -0.1) is 24.0 Å². The molecule has 0 atom stereocenters. The molecule has 1 aromatic carbocycles. The highest BCUT2D eigenvalue weighted by atomic mass is 127. The van der Waals surface area contributed by atoms with Gasteiger partial charge >= 0.3 is 0 Å². The molecule has 0 aliphatic carbocycles. The van der Waals surface area contributed by atoms with E-state index in [2.05, 4.69) is 16.6 Å². The van der Waals surface area contributed by atoms with Crippen molar-refractivity contribution < 1.29 is 4.74 Å². The lowest BCUT2D eigenvalue weighted by molar-refractivity contribution is 0.242. The van der Waals surface area contributed by atoms with Gasteiger partial charge in [-0.25, -0.2) is 0 Å². The SMILES string of the molecule is CSCCCN=C(N)Nc1ccc(OC(C)C)cc1.I. The molecular formula is C14H24IN3OS. The number of nitrogens with zero attached hydrogens (tertiary/aromatic N) is 1. The summed E-state index contributed by atoms with van der Waals surface area (Å²) >= 11 is 1.82. The smallest absolute Gasteiger partial charge is 0.193 e. The van der Waals surface area contributed by atoms with Crippen molar-refractivity contribution in [3.05, 3.63) is 24.3 Å². The maximum Gasteiger partial charge on any atom is 0.193 e. The maximum atomic E-state index is 5.81. The van der Waals surface area contributed by atoms with Crippen LogP contribution in [0.15, 0.2) is 29.3 Å². The number of guanidine groups is 1. The standard InChI is InChI=1S/C14H23N3OS.HI/c1-11(2)18-13-7-5-12(6-8-13)17-14(15)16-9-4-10-19-3;/h5-8,11H,4,9-10H2,1-3H3,(H3,15,16,17);1H. The van der Waals surface area contributed by atoms with E-state index in [1.54, 1.807) is 0 Å². The van der Waals surface area contributed by atoms with Crippen molar-refractivity contribution in [3.8, 4) is 5.75 Å². The van der Waals surface area contributed by atoms with Gasteiger partial charge < -0.3 is 15.8 Å².